The zero-order valence-corrected chi connectivity index (χ0v) is 10.7. The van der Waals surface area contributed by atoms with E-state index in [0.717, 1.165) is 11.6 Å². The van der Waals surface area contributed by atoms with E-state index in [9.17, 15) is 0 Å². The van der Waals surface area contributed by atoms with Crippen molar-refractivity contribution in [1.29, 1.82) is 0 Å². The lowest BCUT2D eigenvalue weighted by atomic mass is 9.98. The summed E-state index contributed by atoms with van der Waals surface area (Å²) in [4.78, 5) is 1.33. The van der Waals surface area contributed by atoms with Crippen LogP contribution < -0.4 is 5.32 Å². The quantitative estimate of drug-likeness (QED) is 0.807. The van der Waals surface area contributed by atoms with Crippen LogP contribution in [0, 0.1) is 0 Å². The van der Waals surface area contributed by atoms with E-state index in [0.29, 0.717) is 11.3 Å². The van der Waals surface area contributed by atoms with Crippen LogP contribution in [0.1, 0.15) is 31.9 Å². The molecular weight excluding hydrogens is 226 g/mol. The number of nitrogens with one attached hydrogen (secondary N) is 1. The minimum atomic E-state index is 0.472. The monoisotopic (exact) mass is 241 g/mol. The van der Waals surface area contributed by atoms with Gasteiger partial charge in [-0.25, -0.2) is 0 Å². The van der Waals surface area contributed by atoms with E-state index in [1.807, 2.05) is 23.9 Å². The minimum absolute atomic E-state index is 0.472. The first-order valence-electron chi connectivity index (χ1n) is 5.37. The maximum atomic E-state index is 6.27. The van der Waals surface area contributed by atoms with Gasteiger partial charge in [-0.2, -0.15) is 0 Å². The first-order chi connectivity index (χ1) is 7.18. The summed E-state index contributed by atoms with van der Waals surface area (Å²) in [6, 6.07) is 6.67. The minimum Gasteiger partial charge on any atom is -0.310 e. The molecule has 2 rings (SSSR count). The van der Waals surface area contributed by atoms with Gasteiger partial charge in [0, 0.05) is 26.8 Å². The normalized spacial score (nSPS) is 20.4. The molecule has 0 radical (unpaired) electrons. The Hall–Kier alpha value is -0.180. The van der Waals surface area contributed by atoms with E-state index in [1.54, 1.807) is 0 Å². The van der Waals surface area contributed by atoms with Gasteiger partial charge in [0.1, 0.15) is 0 Å². The Morgan fingerprint density at radius 1 is 1.47 bits per heavy atom. The predicted octanol–water partition coefficient (Wildman–Crippen LogP) is 3.87. The van der Waals surface area contributed by atoms with Crippen molar-refractivity contribution in [2.75, 3.05) is 6.54 Å². The van der Waals surface area contributed by atoms with Crippen molar-refractivity contribution in [2.24, 2.45) is 0 Å². The van der Waals surface area contributed by atoms with E-state index >= 15 is 0 Å². The van der Waals surface area contributed by atoms with Crippen LogP contribution in [0.15, 0.2) is 23.1 Å². The molecule has 3 heteroatoms. The molecule has 1 atom stereocenters. The zero-order chi connectivity index (χ0) is 10.8. The van der Waals surface area contributed by atoms with Crippen molar-refractivity contribution in [1.82, 2.24) is 5.32 Å². The Balaban J connectivity index is 2.30. The summed E-state index contributed by atoms with van der Waals surface area (Å²) in [7, 11) is 0. The molecule has 0 aromatic heterocycles. The highest BCUT2D eigenvalue weighted by atomic mass is 35.5. The van der Waals surface area contributed by atoms with Gasteiger partial charge in [-0.3, -0.25) is 0 Å². The molecule has 0 saturated carbocycles. The fourth-order valence-electron chi connectivity index (χ4n) is 1.75. The molecule has 1 aliphatic rings. The summed E-state index contributed by atoms with van der Waals surface area (Å²) in [6.45, 7) is 5.54. The van der Waals surface area contributed by atoms with E-state index in [-0.39, 0.29) is 0 Å². The first-order valence-corrected chi connectivity index (χ1v) is 6.62. The van der Waals surface area contributed by atoms with Crippen LogP contribution in [0.2, 0.25) is 5.02 Å². The highest BCUT2D eigenvalue weighted by Crippen LogP contribution is 2.38. The highest BCUT2D eigenvalue weighted by molar-refractivity contribution is 8.00. The molecule has 0 amide bonds. The van der Waals surface area contributed by atoms with Crippen LogP contribution >= 0.6 is 23.4 Å². The second kappa shape index (κ2) is 4.77. The molecular formula is C12H16ClNS. The van der Waals surface area contributed by atoms with Crippen molar-refractivity contribution in [2.45, 2.75) is 36.5 Å². The SMILES string of the molecule is CC(C)Sc1cccc(Cl)c1C1CCN1. The Bertz CT molecular complexity index is 347. The van der Waals surface area contributed by atoms with Crippen LogP contribution in [0.3, 0.4) is 0 Å². The van der Waals surface area contributed by atoms with Crippen molar-refractivity contribution in [3.63, 3.8) is 0 Å². The lowest BCUT2D eigenvalue weighted by Gasteiger charge is -2.30. The summed E-state index contributed by atoms with van der Waals surface area (Å²) in [6.07, 6.45) is 1.20. The molecule has 1 unspecified atom stereocenters. The van der Waals surface area contributed by atoms with Crippen molar-refractivity contribution >= 4 is 23.4 Å². The molecule has 15 heavy (non-hydrogen) atoms. The Kier molecular flexibility index (Phi) is 3.60. The fourth-order valence-corrected chi connectivity index (χ4v) is 3.15. The average molecular weight is 242 g/mol. The van der Waals surface area contributed by atoms with E-state index in [1.165, 1.54) is 16.9 Å². The summed E-state index contributed by atoms with van der Waals surface area (Å²) in [5, 5.41) is 4.92. The second-order valence-corrected chi connectivity index (χ2v) is 6.14. The number of thioether (sulfide) groups is 1. The lowest BCUT2D eigenvalue weighted by Crippen LogP contribution is -2.35. The van der Waals surface area contributed by atoms with Gasteiger partial charge in [0.15, 0.2) is 0 Å². The molecule has 1 fully saturated rings. The van der Waals surface area contributed by atoms with Gasteiger partial charge in [-0.05, 0) is 25.1 Å². The van der Waals surface area contributed by atoms with Gasteiger partial charge in [0.05, 0.1) is 0 Å². The lowest BCUT2D eigenvalue weighted by molar-refractivity contribution is 0.378. The maximum Gasteiger partial charge on any atom is 0.0465 e. The Morgan fingerprint density at radius 3 is 2.73 bits per heavy atom. The van der Waals surface area contributed by atoms with Gasteiger partial charge >= 0.3 is 0 Å². The summed E-state index contributed by atoms with van der Waals surface area (Å²) in [5.74, 6) is 0. The zero-order valence-electron chi connectivity index (χ0n) is 9.09. The average Bonchev–Trinajstić information content (AvgIpc) is 2.06. The molecule has 1 aromatic rings. The van der Waals surface area contributed by atoms with Crippen molar-refractivity contribution in [3.05, 3.63) is 28.8 Å². The third-order valence-corrected chi connectivity index (χ3v) is 3.96. The van der Waals surface area contributed by atoms with E-state index < -0.39 is 0 Å². The molecule has 0 bridgehead atoms. The van der Waals surface area contributed by atoms with Gasteiger partial charge < -0.3 is 5.32 Å². The molecule has 1 aromatic carbocycles. The molecule has 1 aliphatic heterocycles. The summed E-state index contributed by atoms with van der Waals surface area (Å²) >= 11 is 8.16. The molecule has 1 saturated heterocycles. The number of hydrogen-bond acceptors (Lipinski definition) is 2. The summed E-state index contributed by atoms with van der Waals surface area (Å²) in [5.41, 5.74) is 1.30. The number of hydrogen-bond donors (Lipinski definition) is 1. The number of halogens is 1. The van der Waals surface area contributed by atoms with E-state index in [4.69, 9.17) is 11.6 Å². The largest absolute Gasteiger partial charge is 0.310 e. The Morgan fingerprint density at radius 2 is 2.20 bits per heavy atom. The molecule has 0 aliphatic carbocycles. The van der Waals surface area contributed by atoms with Gasteiger partial charge in [-0.1, -0.05) is 31.5 Å². The van der Waals surface area contributed by atoms with E-state index in [2.05, 4.69) is 25.2 Å². The predicted molar refractivity (Wildman–Crippen MR) is 67.8 cm³/mol. The standard InChI is InChI=1S/C12H16ClNS/c1-8(2)15-11-5-3-4-9(13)12(11)10-6-7-14-10/h3-5,8,10,14H,6-7H2,1-2H3. The van der Waals surface area contributed by atoms with Crippen LogP contribution in [0.25, 0.3) is 0 Å². The van der Waals surface area contributed by atoms with Crippen molar-refractivity contribution in [3.8, 4) is 0 Å². The highest BCUT2D eigenvalue weighted by Gasteiger charge is 2.24. The topological polar surface area (TPSA) is 12.0 Å². The van der Waals surface area contributed by atoms with Gasteiger partial charge in [0.2, 0.25) is 0 Å². The molecule has 82 valence electrons. The smallest absolute Gasteiger partial charge is 0.0465 e. The third-order valence-electron chi connectivity index (χ3n) is 2.55. The molecule has 1 nitrogen and oxygen atoms in total. The first kappa shape index (κ1) is 11.3. The molecule has 1 heterocycles. The van der Waals surface area contributed by atoms with Crippen molar-refractivity contribution < 1.29 is 0 Å². The van der Waals surface area contributed by atoms with Crippen LogP contribution in [-0.2, 0) is 0 Å². The van der Waals surface area contributed by atoms with Crippen LogP contribution in [-0.4, -0.2) is 11.8 Å². The maximum absolute atomic E-state index is 6.27. The molecule has 1 N–H and O–H groups in total. The fraction of sp³-hybridized carbons (Fsp3) is 0.500. The number of benzene rings is 1. The number of rotatable bonds is 3. The molecule has 0 spiro atoms. The third kappa shape index (κ3) is 2.49. The van der Waals surface area contributed by atoms with Gasteiger partial charge in [0.25, 0.3) is 0 Å². The second-order valence-electron chi connectivity index (χ2n) is 4.11. The Labute approximate surface area is 101 Å². The van der Waals surface area contributed by atoms with Crippen LogP contribution in [0.4, 0.5) is 0 Å². The summed E-state index contributed by atoms with van der Waals surface area (Å²) < 4.78 is 0. The van der Waals surface area contributed by atoms with Crippen LogP contribution in [0.5, 0.6) is 0 Å². The van der Waals surface area contributed by atoms with Gasteiger partial charge in [-0.15, -0.1) is 11.8 Å².